The molecule has 0 aromatic carbocycles. The lowest BCUT2D eigenvalue weighted by Gasteiger charge is -2.32. The third-order valence-corrected chi connectivity index (χ3v) is 4.25. The average Bonchev–Trinajstić information content (AvgIpc) is 3.12. The van der Waals surface area contributed by atoms with Crippen LogP contribution < -0.4 is 10.6 Å². The van der Waals surface area contributed by atoms with Gasteiger partial charge in [-0.2, -0.15) is 0 Å². The smallest absolute Gasteiger partial charge is 0.321 e. The molecule has 1 unspecified atom stereocenters. The van der Waals surface area contributed by atoms with Gasteiger partial charge in [-0.1, -0.05) is 24.8 Å². The van der Waals surface area contributed by atoms with Gasteiger partial charge in [-0.05, 0) is 37.8 Å². The van der Waals surface area contributed by atoms with E-state index in [-0.39, 0.29) is 6.03 Å². The molecule has 0 aromatic rings. The molecule has 1 heterocycles. The summed E-state index contributed by atoms with van der Waals surface area (Å²) in [6.45, 7) is 5.30. The van der Waals surface area contributed by atoms with Crippen LogP contribution in [0, 0.1) is 5.41 Å². The van der Waals surface area contributed by atoms with E-state index >= 15 is 0 Å². The van der Waals surface area contributed by atoms with Crippen molar-refractivity contribution in [3.05, 3.63) is 37.1 Å². The van der Waals surface area contributed by atoms with Crippen LogP contribution in [0.25, 0.3) is 0 Å². The molecule has 1 saturated carbocycles. The molecule has 1 aliphatic carbocycles. The van der Waals surface area contributed by atoms with Crippen LogP contribution in [-0.2, 0) is 0 Å². The van der Waals surface area contributed by atoms with Gasteiger partial charge in [-0.15, -0.1) is 0 Å². The van der Waals surface area contributed by atoms with Crippen LogP contribution in [0.2, 0.25) is 0 Å². The van der Waals surface area contributed by atoms with Gasteiger partial charge in [0.15, 0.2) is 0 Å². The molecule has 2 aliphatic rings. The van der Waals surface area contributed by atoms with Gasteiger partial charge in [-0.25, -0.2) is 4.79 Å². The summed E-state index contributed by atoms with van der Waals surface area (Å²) in [6, 6.07) is 0.668. The Morgan fingerprint density at radius 1 is 1.32 bits per heavy atom. The Balaban J connectivity index is 1.72. The molecule has 2 fully saturated rings. The zero-order chi connectivity index (χ0) is 13.7. The van der Waals surface area contributed by atoms with E-state index in [4.69, 9.17) is 0 Å². The second-order valence-corrected chi connectivity index (χ2v) is 5.32. The van der Waals surface area contributed by atoms with Gasteiger partial charge in [0.2, 0.25) is 0 Å². The van der Waals surface area contributed by atoms with E-state index in [0.29, 0.717) is 11.5 Å². The molecule has 19 heavy (non-hydrogen) atoms. The first-order valence-electron chi connectivity index (χ1n) is 6.89. The number of hydrogen-bond acceptors (Lipinski definition) is 2. The van der Waals surface area contributed by atoms with E-state index in [2.05, 4.69) is 17.2 Å². The molecule has 0 bridgehead atoms. The van der Waals surface area contributed by atoms with Gasteiger partial charge in [-0.3, -0.25) is 0 Å². The molecule has 2 rings (SSSR count). The van der Waals surface area contributed by atoms with Crippen LogP contribution in [0.4, 0.5) is 4.79 Å². The lowest BCUT2D eigenvalue weighted by molar-refractivity contribution is 0.165. The van der Waals surface area contributed by atoms with Gasteiger partial charge < -0.3 is 15.5 Å². The van der Waals surface area contributed by atoms with Crippen LogP contribution in [0.3, 0.4) is 0 Å². The molecule has 4 nitrogen and oxygen atoms in total. The highest BCUT2D eigenvalue weighted by Crippen LogP contribution is 2.53. The van der Waals surface area contributed by atoms with Gasteiger partial charge in [0.05, 0.1) is 0 Å². The van der Waals surface area contributed by atoms with Gasteiger partial charge in [0.1, 0.15) is 0 Å². The monoisotopic (exact) mass is 261 g/mol. The Labute approximate surface area is 115 Å². The number of urea groups is 1. The van der Waals surface area contributed by atoms with Crippen molar-refractivity contribution in [1.82, 2.24) is 15.5 Å². The fraction of sp³-hybridized carbons (Fsp3) is 0.533. The highest BCUT2D eigenvalue weighted by atomic mass is 16.2. The second kappa shape index (κ2) is 6.06. The lowest BCUT2D eigenvalue weighted by atomic mass is 9.93. The number of piperidine rings is 1. The quantitative estimate of drug-likeness (QED) is 0.761. The maximum atomic E-state index is 11.9. The molecule has 2 amide bonds. The summed E-state index contributed by atoms with van der Waals surface area (Å²) >= 11 is 0. The molecule has 104 valence electrons. The highest BCUT2D eigenvalue weighted by molar-refractivity contribution is 5.75. The lowest BCUT2D eigenvalue weighted by Crippen LogP contribution is -2.44. The van der Waals surface area contributed by atoms with E-state index < -0.39 is 0 Å². The molecule has 1 spiro atoms. The first-order chi connectivity index (χ1) is 9.22. The number of nitrogens with one attached hydrogen (secondary N) is 2. The number of carbonyl (C=O) groups is 1. The van der Waals surface area contributed by atoms with E-state index in [1.54, 1.807) is 18.4 Å². The predicted molar refractivity (Wildman–Crippen MR) is 77.7 cm³/mol. The largest absolute Gasteiger partial charge is 0.325 e. The molecule has 2 N–H and O–H groups in total. The fourth-order valence-corrected chi connectivity index (χ4v) is 2.87. The normalized spacial score (nSPS) is 25.1. The number of carbonyl (C=O) groups excluding carboxylic acids is 1. The first-order valence-corrected chi connectivity index (χ1v) is 6.89. The summed E-state index contributed by atoms with van der Waals surface area (Å²) < 4.78 is 0. The number of amides is 2. The summed E-state index contributed by atoms with van der Waals surface area (Å²) in [5, 5.41) is 6.14. The number of allylic oxidation sites excluding steroid dienone is 4. The molecule has 4 heteroatoms. The fourth-order valence-electron chi connectivity index (χ4n) is 2.87. The SMILES string of the molecule is C=C/C=C\C=C\NC(=O)N1CCC2(CC1)CC2NC. The minimum Gasteiger partial charge on any atom is -0.325 e. The number of hydrogen-bond donors (Lipinski definition) is 2. The van der Waals surface area contributed by atoms with Crippen LogP contribution in [-0.4, -0.2) is 37.1 Å². The summed E-state index contributed by atoms with van der Waals surface area (Å²) in [4.78, 5) is 13.8. The molecule has 1 atom stereocenters. The van der Waals surface area contributed by atoms with E-state index in [9.17, 15) is 4.79 Å². The Kier molecular flexibility index (Phi) is 4.43. The van der Waals surface area contributed by atoms with Crippen LogP contribution in [0.1, 0.15) is 19.3 Å². The summed E-state index contributed by atoms with van der Waals surface area (Å²) in [7, 11) is 2.03. The van der Waals surface area contributed by atoms with Crippen LogP contribution in [0.5, 0.6) is 0 Å². The van der Waals surface area contributed by atoms with Crippen molar-refractivity contribution >= 4 is 6.03 Å². The minimum absolute atomic E-state index is 0.000222. The van der Waals surface area contributed by atoms with Crippen LogP contribution >= 0.6 is 0 Å². The highest BCUT2D eigenvalue weighted by Gasteiger charge is 2.54. The zero-order valence-corrected chi connectivity index (χ0v) is 11.6. The van der Waals surface area contributed by atoms with Gasteiger partial charge >= 0.3 is 6.03 Å². The third-order valence-electron chi connectivity index (χ3n) is 4.25. The number of likely N-dealkylation sites (tertiary alicyclic amines) is 1. The number of nitrogens with zero attached hydrogens (tertiary/aromatic N) is 1. The summed E-state index contributed by atoms with van der Waals surface area (Å²) in [6.07, 6.45) is 12.3. The van der Waals surface area contributed by atoms with Crippen molar-refractivity contribution in [3.63, 3.8) is 0 Å². The van der Waals surface area contributed by atoms with Crippen LogP contribution in [0.15, 0.2) is 37.1 Å². The summed E-state index contributed by atoms with van der Waals surface area (Å²) in [5.74, 6) is 0. The molecular weight excluding hydrogens is 238 g/mol. The second-order valence-electron chi connectivity index (χ2n) is 5.32. The Hall–Kier alpha value is -1.55. The van der Waals surface area contributed by atoms with Crippen molar-refractivity contribution in [2.24, 2.45) is 5.41 Å². The maximum Gasteiger partial charge on any atom is 0.321 e. The number of rotatable bonds is 4. The van der Waals surface area contributed by atoms with Gasteiger partial charge in [0, 0.05) is 25.3 Å². The average molecular weight is 261 g/mol. The zero-order valence-electron chi connectivity index (χ0n) is 11.6. The third kappa shape index (κ3) is 3.26. The van der Waals surface area contributed by atoms with Crippen molar-refractivity contribution < 1.29 is 4.79 Å². The van der Waals surface area contributed by atoms with E-state index in [1.807, 2.05) is 24.1 Å². The molecular formula is C15H23N3O. The van der Waals surface area contributed by atoms with Crippen molar-refractivity contribution in [2.75, 3.05) is 20.1 Å². The van der Waals surface area contributed by atoms with Gasteiger partial charge in [0.25, 0.3) is 0 Å². The first kappa shape index (κ1) is 13.9. The molecule has 1 aliphatic heterocycles. The van der Waals surface area contributed by atoms with E-state index in [0.717, 1.165) is 25.9 Å². The molecule has 0 radical (unpaired) electrons. The molecule has 0 aromatic heterocycles. The van der Waals surface area contributed by atoms with E-state index in [1.165, 1.54) is 6.42 Å². The maximum absolute atomic E-state index is 11.9. The Morgan fingerprint density at radius 2 is 2.05 bits per heavy atom. The predicted octanol–water partition coefficient (Wildman–Crippen LogP) is 2.03. The molecule has 1 saturated heterocycles. The minimum atomic E-state index is -0.000222. The van der Waals surface area contributed by atoms with Crippen molar-refractivity contribution in [1.29, 1.82) is 0 Å². The standard InChI is InChI=1S/C15H23N3O/c1-3-4-5-6-9-17-14(19)18-10-7-15(8-11-18)12-13(15)16-2/h3-6,9,13,16H,1,7-8,10-12H2,2H3,(H,17,19)/b5-4-,9-6+. The Morgan fingerprint density at radius 3 is 2.63 bits per heavy atom. The van der Waals surface area contributed by atoms with Crippen molar-refractivity contribution in [2.45, 2.75) is 25.3 Å². The Bertz CT molecular complexity index is 392. The topological polar surface area (TPSA) is 44.4 Å². The van der Waals surface area contributed by atoms with Crippen molar-refractivity contribution in [3.8, 4) is 0 Å². The summed E-state index contributed by atoms with van der Waals surface area (Å²) in [5.41, 5.74) is 0.480.